The normalized spacial score (nSPS) is 16.9. The van der Waals surface area contributed by atoms with Crippen molar-refractivity contribution in [2.24, 2.45) is 0 Å². The van der Waals surface area contributed by atoms with Crippen LogP contribution in [-0.2, 0) is 0 Å². The summed E-state index contributed by atoms with van der Waals surface area (Å²) in [5.41, 5.74) is 5.37. The van der Waals surface area contributed by atoms with Crippen molar-refractivity contribution in [3.05, 3.63) is 115 Å². The van der Waals surface area contributed by atoms with E-state index in [4.69, 9.17) is 4.98 Å². The number of hydrogen-bond acceptors (Lipinski definition) is 5. The van der Waals surface area contributed by atoms with Gasteiger partial charge < -0.3 is 5.32 Å². The monoisotopic (exact) mass is 493 g/mol. The fourth-order valence-electron chi connectivity index (χ4n) is 4.05. The zero-order valence-electron chi connectivity index (χ0n) is 19.9. The molecule has 2 aromatic heterocycles. The van der Waals surface area contributed by atoms with Crippen LogP contribution in [0.25, 0.3) is 21.7 Å². The number of benzene rings is 2. The van der Waals surface area contributed by atoms with Gasteiger partial charge >= 0.3 is 0 Å². The minimum atomic E-state index is -0.333. The van der Waals surface area contributed by atoms with Crippen LogP contribution < -0.4 is 5.32 Å². The average Bonchev–Trinajstić information content (AvgIpc) is 3.30. The Kier molecular flexibility index (Phi) is 6.71. The van der Waals surface area contributed by atoms with Crippen LogP contribution >= 0.6 is 23.1 Å². The predicted molar refractivity (Wildman–Crippen MR) is 150 cm³/mol. The van der Waals surface area contributed by atoms with Gasteiger partial charge in [-0.1, -0.05) is 83.6 Å². The van der Waals surface area contributed by atoms with Crippen molar-refractivity contribution >= 4 is 28.9 Å². The SMILES string of the molecule is C=C[C@]1(Nc2cc(-c3sc(Sc4ccc(C)cc4)nc3-c3cccc(C)c3)ccn2)C=CC=CC1. The number of thiazole rings is 1. The predicted octanol–water partition coefficient (Wildman–Crippen LogP) is 8.49. The average molecular weight is 494 g/mol. The van der Waals surface area contributed by atoms with E-state index < -0.39 is 0 Å². The number of nitrogens with zero attached hydrogens (tertiary/aromatic N) is 2. The van der Waals surface area contributed by atoms with Gasteiger partial charge in [-0.15, -0.1) is 17.9 Å². The number of aromatic nitrogens is 2. The lowest BCUT2D eigenvalue weighted by molar-refractivity contribution is 0.712. The van der Waals surface area contributed by atoms with Gasteiger partial charge in [0.25, 0.3) is 0 Å². The zero-order valence-corrected chi connectivity index (χ0v) is 21.5. The maximum absolute atomic E-state index is 5.10. The minimum absolute atomic E-state index is 0.333. The molecule has 0 saturated heterocycles. The first-order chi connectivity index (χ1) is 17.0. The molecule has 0 saturated carbocycles. The van der Waals surface area contributed by atoms with Crippen molar-refractivity contribution < 1.29 is 0 Å². The highest BCUT2D eigenvalue weighted by molar-refractivity contribution is 8.01. The Morgan fingerprint density at radius 3 is 2.60 bits per heavy atom. The van der Waals surface area contributed by atoms with E-state index in [1.807, 2.05) is 12.3 Å². The second kappa shape index (κ2) is 10.1. The van der Waals surface area contributed by atoms with E-state index in [0.717, 1.165) is 38.3 Å². The first-order valence-corrected chi connectivity index (χ1v) is 13.2. The summed E-state index contributed by atoms with van der Waals surface area (Å²) >= 11 is 3.43. The van der Waals surface area contributed by atoms with Crippen molar-refractivity contribution in [2.75, 3.05) is 5.32 Å². The van der Waals surface area contributed by atoms with E-state index in [1.54, 1.807) is 23.1 Å². The molecule has 1 N–H and O–H groups in total. The first-order valence-electron chi connectivity index (χ1n) is 11.6. The lowest BCUT2D eigenvalue weighted by Crippen LogP contribution is -2.34. The molecule has 0 unspecified atom stereocenters. The Labute approximate surface area is 215 Å². The van der Waals surface area contributed by atoms with Gasteiger partial charge in [-0.25, -0.2) is 9.97 Å². The summed E-state index contributed by atoms with van der Waals surface area (Å²) < 4.78 is 1.02. The van der Waals surface area contributed by atoms with Crippen molar-refractivity contribution in [2.45, 2.75) is 35.0 Å². The summed E-state index contributed by atoms with van der Waals surface area (Å²) in [6.45, 7) is 8.28. The van der Waals surface area contributed by atoms with E-state index >= 15 is 0 Å². The lowest BCUT2D eigenvalue weighted by atomic mass is 9.91. The summed E-state index contributed by atoms with van der Waals surface area (Å²) in [6, 6.07) is 21.3. The molecule has 0 aliphatic heterocycles. The Balaban J connectivity index is 1.54. The molecule has 2 aromatic carbocycles. The van der Waals surface area contributed by atoms with Crippen molar-refractivity contribution in [3.8, 4) is 21.7 Å². The third-order valence-corrected chi connectivity index (χ3v) is 8.14. The van der Waals surface area contributed by atoms with Crippen molar-refractivity contribution in [1.29, 1.82) is 0 Å². The molecule has 0 amide bonds. The fourth-order valence-corrected chi connectivity index (χ4v) is 6.18. The second-order valence-corrected chi connectivity index (χ2v) is 11.1. The van der Waals surface area contributed by atoms with Gasteiger partial charge in [0, 0.05) is 16.7 Å². The van der Waals surface area contributed by atoms with Crippen LogP contribution in [0.3, 0.4) is 0 Å². The number of allylic oxidation sites excluding steroid dienone is 2. The molecule has 2 heterocycles. The molecule has 1 aliphatic carbocycles. The standard InChI is InChI=1S/C30H27N3S2/c1-4-30(16-6-5-7-17-30)33-26-20-24(15-18-31-26)28-27(23-10-8-9-22(3)19-23)32-29(35-28)34-25-13-11-21(2)12-14-25/h4-16,18-20H,1,17H2,2-3H3,(H,31,33)/t30-/m0/s1. The number of rotatable bonds is 7. The number of pyridine rings is 1. The Hall–Kier alpha value is -3.41. The first kappa shape index (κ1) is 23.3. The van der Waals surface area contributed by atoms with Gasteiger partial charge in [-0.05, 0) is 56.2 Å². The molecule has 0 radical (unpaired) electrons. The number of nitrogens with one attached hydrogen (secondary N) is 1. The molecular weight excluding hydrogens is 466 g/mol. The van der Waals surface area contributed by atoms with E-state index in [1.165, 1.54) is 16.0 Å². The van der Waals surface area contributed by atoms with Crippen LogP contribution in [0.4, 0.5) is 5.82 Å². The van der Waals surface area contributed by atoms with Gasteiger partial charge in [-0.2, -0.15) is 0 Å². The molecule has 174 valence electrons. The topological polar surface area (TPSA) is 37.8 Å². The molecule has 0 fully saturated rings. The molecule has 4 aromatic rings. The van der Waals surface area contributed by atoms with Crippen molar-refractivity contribution in [3.63, 3.8) is 0 Å². The fraction of sp³-hybridized carbons (Fsp3) is 0.133. The largest absolute Gasteiger partial charge is 0.357 e. The highest BCUT2D eigenvalue weighted by Crippen LogP contribution is 2.43. The minimum Gasteiger partial charge on any atom is -0.357 e. The van der Waals surface area contributed by atoms with Gasteiger partial charge in [0.1, 0.15) is 5.82 Å². The van der Waals surface area contributed by atoms with Gasteiger partial charge in [-0.3, -0.25) is 0 Å². The van der Waals surface area contributed by atoms with Crippen molar-refractivity contribution in [1.82, 2.24) is 9.97 Å². The van der Waals surface area contributed by atoms with Gasteiger partial charge in [0.05, 0.1) is 16.1 Å². The maximum atomic E-state index is 5.10. The molecule has 1 atom stereocenters. The number of aryl methyl sites for hydroxylation is 2. The quantitative estimate of drug-likeness (QED) is 0.262. The number of anilines is 1. The van der Waals surface area contributed by atoms with Crippen LogP contribution in [-0.4, -0.2) is 15.5 Å². The molecule has 5 rings (SSSR count). The highest BCUT2D eigenvalue weighted by Gasteiger charge is 2.24. The van der Waals surface area contributed by atoms with E-state index in [-0.39, 0.29) is 5.54 Å². The molecule has 3 nitrogen and oxygen atoms in total. The van der Waals surface area contributed by atoms with Crippen LogP contribution in [0.1, 0.15) is 17.5 Å². The summed E-state index contributed by atoms with van der Waals surface area (Å²) in [4.78, 5) is 12.0. The summed E-state index contributed by atoms with van der Waals surface area (Å²) in [7, 11) is 0. The Bertz CT molecular complexity index is 1420. The summed E-state index contributed by atoms with van der Waals surface area (Å²) in [5.74, 6) is 0.818. The molecule has 35 heavy (non-hydrogen) atoms. The second-order valence-electron chi connectivity index (χ2n) is 8.73. The molecular formula is C30H27N3S2. The maximum Gasteiger partial charge on any atom is 0.155 e. The lowest BCUT2D eigenvalue weighted by Gasteiger charge is -2.29. The molecule has 1 aliphatic rings. The smallest absolute Gasteiger partial charge is 0.155 e. The highest BCUT2D eigenvalue weighted by atomic mass is 32.2. The van der Waals surface area contributed by atoms with Crippen LogP contribution in [0.2, 0.25) is 0 Å². The van der Waals surface area contributed by atoms with Gasteiger partial charge in [0.2, 0.25) is 0 Å². The zero-order chi connectivity index (χ0) is 24.3. The molecule has 5 heteroatoms. The molecule has 0 spiro atoms. The van der Waals surface area contributed by atoms with E-state index in [9.17, 15) is 0 Å². The third-order valence-electron chi connectivity index (χ3n) is 5.97. The van der Waals surface area contributed by atoms with E-state index in [2.05, 4.69) is 116 Å². The summed E-state index contributed by atoms with van der Waals surface area (Å²) in [6.07, 6.45) is 13.0. The Morgan fingerprint density at radius 1 is 1.00 bits per heavy atom. The molecule has 0 bridgehead atoms. The third kappa shape index (κ3) is 5.31. The Morgan fingerprint density at radius 2 is 1.86 bits per heavy atom. The van der Waals surface area contributed by atoms with Gasteiger partial charge in [0.15, 0.2) is 4.34 Å². The summed E-state index contributed by atoms with van der Waals surface area (Å²) in [5, 5.41) is 3.59. The van der Waals surface area contributed by atoms with Crippen LogP contribution in [0, 0.1) is 13.8 Å². The van der Waals surface area contributed by atoms with Crippen LogP contribution in [0.15, 0.2) is 113 Å². The number of hydrogen-bond donors (Lipinski definition) is 1. The van der Waals surface area contributed by atoms with E-state index in [0.29, 0.717) is 0 Å². The van der Waals surface area contributed by atoms with Crippen LogP contribution in [0.5, 0.6) is 0 Å².